The molecule has 5 heteroatoms. The number of nitrogens with zero attached hydrogens (tertiary/aromatic N) is 2. The highest BCUT2D eigenvalue weighted by atomic mass is 16.3. The predicted octanol–water partition coefficient (Wildman–Crippen LogP) is 0.858. The smallest absolute Gasteiger partial charge is 0.227 e. The minimum Gasteiger partial charge on any atom is -0.446 e. The van der Waals surface area contributed by atoms with E-state index < -0.39 is 0 Å². The van der Waals surface area contributed by atoms with Gasteiger partial charge in [0.15, 0.2) is 0 Å². The number of hydrogen-bond donors (Lipinski definition) is 2. The number of anilines is 1. The van der Waals surface area contributed by atoms with Crippen molar-refractivity contribution in [2.45, 2.75) is 6.42 Å². The van der Waals surface area contributed by atoms with Gasteiger partial charge in [0.1, 0.15) is 0 Å². The van der Waals surface area contributed by atoms with Crippen LogP contribution < -0.4 is 11.1 Å². The lowest BCUT2D eigenvalue weighted by Crippen LogP contribution is -2.44. The van der Waals surface area contributed by atoms with Gasteiger partial charge in [0.25, 0.3) is 0 Å². The maximum absolute atomic E-state index is 6.15. The zero-order valence-corrected chi connectivity index (χ0v) is 10.4. The van der Waals surface area contributed by atoms with E-state index in [1.807, 2.05) is 12.3 Å². The van der Waals surface area contributed by atoms with Crippen LogP contribution in [0, 0.1) is 0 Å². The summed E-state index contributed by atoms with van der Waals surface area (Å²) in [5.74, 6) is 0. The van der Waals surface area contributed by atoms with Crippen LogP contribution in [-0.4, -0.2) is 42.6 Å². The second-order valence-electron chi connectivity index (χ2n) is 4.68. The van der Waals surface area contributed by atoms with Gasteiger partial charge >= 0.3 is 0 Å². The Labute approximate surface area is 106 Å². The summed E-state index contributed by atoms with van der Waals surface area (Å²) in [6, 6.07) is 1.88. The summed E-state index contributed by atoms with van der Waals surface area (Å²) in [6.07, 6.45) is 4.41. The van der Waals surface area contributed by atoms with Crippen molar-refractivity contribution < 1.29 is 4.42 Å². The lowest BCUT2D eigenvalue weighted by atomic mass is 10.1. The second-order valence-corrected chi connectivity index (χ2v) is 4.68. The summed E-state index contributed by atoms with van der Waals surface area (Å²) in [6.45, 7) is 5.42. The van der Waals surface area contributed by atoms with Crippen LogP contribution in [0.4, 0.5) is 5.69 Å². The molecule has 2 aromatic rings. The molecule has 0 radical (unpaired) electrons. The Bertz CT molecular complexity index is 531. The topological polar surface area (TPSA) is 67.3 Å². The van der Waals surface area contributed by atoms with Gasteiger partial charge in [-0.2, -0.15) is 0 Å². The zero-order chi connectivity index (χ0) is 12.4. The Morgan fingerprint density at radius 2 is 2.22 bits per heavy atom. The Morgan fingerprint density at radius 3 is 3.06 bits per heavy atom. The number of nitrogens with one attached hydrogen (secondary N) is 1. The molecule has 1 fully saturated rings. The van der Waals surface area contributed by atoms with Gasteiger partial charge < -0.3 is 20.4 Å². The van der Waals surface area contributed by atoms with E-state index in [1.165, 1.54) is 0 Å². The largest absolute Gasteiger partial charge is 0.446 e. The molecule has 18 heavy (non-hydrogen) atoms. The molecule has 1 saturated heterocycles. The zero-order valence-electron chi connectivity index (χ0n) is 10.4. The quantitative estimate of drug-likeness (QED) is 0.840. The maximum Gasteiger partial charge on any atom is 0.227 e. The number of pyridine rings is 1. The number of piperazine rings is 1. The first-order valence-corrected chi connectivity index (χ1v) is 6.38. The van der Waals surface area contributed by atoms with Crippen molar-refractivity contribution in [3.8, 4) is 0 Å². The molecule has 0 spiro atoms. The van der Waals surface area contributed by atoms with Crippen molar-refractivity contribution >= 4 is 16.8 Å². The van der Waals surface area contributed by atoms with Crippen LogP contribution in [0.5, 0.6) is 0 Å². The van der Waals surface area contributed by atoms with E-state index in [0.717, 1.165) is 55.8 Å². The molecule has 0 aliphatic carbocycles. The molecule has 2 aromatic heterocycles. The summed E-state index contributed by atoms with van der Waals surface area (Å²) in [5.41, 5.74) is 8.69. The Balaban J connectivity index is 1.71. The highest BCUT2D eigenvalue weighted by Gasteiger charge is 2.12. The Hall–Kier alpha value is -1.59. The van der Waals surface area contributed by atoms with Crippen LogP contribution in [0.1, 0.15) is 5.56 Å². The molecule has 0 bridgehead atoms. The summed E-state index contributed by atoms with van der Waals surface area (Å²) >= 11 is 0. The van der Waals surface area contributed by atoms with E-state index in [4.69, 9.17) is 10.2 Å². The number of rotatable bonds is 3. The van der Waals surface area contributed by atoms with Crippen molar-refractivity contribution in [3.63, 3.8) is 0 Å². The fraction of sp³-hybridized carbons (Fsp3) is 0.462. The van der Waals surface area contributed by atoms with Gasteiger partial charge in [-0.1, -0.05) is 0 Å². The molecule has 3 N–H and O–H groups in total. The minimum absolute atomic E-state index is 0.624. The molecule has 0 saturated carbocycles. The van der Waals surface area contributed by atoms with Gasteiger partial charge in [0.2, 0.25) is 5.71 Å². The first-order chi connectivity index (χ1) is 8.84. The monoisotopic (exact) mass is 246 g/mol. The van der Waals surface area contributed by atoms with Crippen LogP contribution in [0.25, 0.3) is 11.1 Å². The van der Waals surface area contributed by atoms with E-state index in [2.05, 4.69) is 15.2 Å². The third-order valence-corrected chi connectivity index (χ3v) is 3.53. The van der Waals surface area contributed by atoms with Crippen molar-refractivity contribution in [2.75, 3.05) is 38.5 Å². The predicted molar refractivity (Wildman–Crippen MR) is 71.4 cm³/mol. The minimum atomic E-state index is 0.624. The highest BCUT2D eigenvalue weighted by Crippen LogP contribution is 2.24. The van der Waals surface area contributed by atoms with Crippen LogP contribution in [0.3, 0.4) is 0 Å². The molecular weight excluding hydrogens is 228 g/mol. The average Bonchev–Trinajstić information content (AvgIpc) is 2.88. The molecule has 3 heterocycles. The van der Waals surface area contributed by atoms with Crippen molar-refractivity contribution in [1.29, 1.82) is 0 Å². The van der Waals surface area contributed by atoms with Gasteiger partial charge in [-0.05, 0) is 18.1 Å². The number of fused-ring (bicyclic) bond motifs is 1. The lowest BCUT2D eigenvalue weighted by molar-refractivity contribution is 0.244. The molecule has 0 aromatic carbocycles. The third kappa shape index (κ3) is 2.19. The fourth-order valence-corrected chi connectivity index (χ4v) is 2.40. The van der Waals surface area contributed by atoms with Crippen molar-refractivity contribution in [1.82, 2.24) is 15.2 Å². The maximum atomic E-state index is 6.15. The first-order valence-electron chi connectivity index (χ1n) is 6.38. The van der Waals surface area contributed by atoms with Crippen LogP contribution >= 0.6 is 0 Å². The van der Waals surface area contributed by atoms with Crippen LogP contribution in [0.15, 0.2) is 22.9 Å². The molecule has 0 amide bonds. The SMILES string of the molecule is Nc1c(CCN2CCNCC2)cnc2occc12. The van der Waals surface area contributed by atoms with E-state index >= 15 is 0 Å². The summed E-state index contributed by atoms with van der Waals surface area (Å²) in [7, 11) is 0. The van der Waals surface area contributed by atoms with Gasteiger partial charge in [0.05, 0.1) is 11.6 Å². The molecule has 0 atom stereocenters. The number of nitrogen functional groups attached to an aromatic ring is 1. The second kappa shape index (κ2) is 4.96. The standard InChI is InChI=1S/C13H18N4O/c14-12-10(1-5-17-6-3-15-4-7-17)9-16-13-11(12)2-8-18-13/h2,8-9,15H,1,3-7H2,(H2,14,16). The fourth-order valence-electron chi connectivity index (χ4n) is 2.40. The van der Waals surface area contributed by atoms with Crippen LogP contribution in [-0.2, 0) is 6.42 Å². The Morgan fingerprint density at radius 1 is 1.39 bits per heavy atom. The summed E-state index contributed by atoms with van der Waals surface area (Å²) in [4.78, 5) is 6.74. The van der Waals surface area contributed by atoms with E-state index in [1.54, 1.807) is 6.26 Å². The number of nitrogens with two attached hydrogens (primary N) is 1. The van der Waals surface area contributed by atoms with E-state index in [-0.39, 0.29) is 0 Å². The normalized spacial score (nSPS) is 17.3. The molecule has 96 valence electrons. The number of hydrogen-bond acceptors (Lipinski definition) is 5. The van der Waals surface area contributed by atoms with Gasteiger partial charge in [-0.15, -0.1) is 0 Å². The molecular formula is C13H18N4O. The molecule has 1 aliphatic rings. The molecule has 3 rings (SSSR count). The summed E-state index contributed by atoms with van der Waals surface area (Å²) < 4.78 is 5.24. The highest BCUT2D eigenvalue weighted by molar-refractivity contribution is 5.88. The van der Waals surface area contributed by atoms with Gasteiger partial charge in [-0.3, -0.25) is 0 Å². The first kappa shape index (κ1) is 11.5. The molecule has 5 nitrogen and oxygen atoms in total. The lowest BCUT2D eigenvalue weighted by Gasteiger charge is -2.27. The van der Waals surface area contributed by atoms with Crippen LogP contribution in [0.2, 0.25) is 0 Å². The van der Waals surface area contributed by atoms with Gasteiger partial charge in [-0.25, -0.2) is 4.98 Å². The number of furan rings is 1. The van der Waals surface area contributed by atoms with Crippen molar-refractivity contribution in [3.05, 3.63) is 24.1 Å². The van der Waals surface area contributed by atoms with E-state index in [9.17, 15) is 0 Å². The summed E-state index contributed by atoms with van der Waals surface area (Å²) in [5, 5.41) is 4.28. The van der Waals surface area contributed by atoms with E-state index in [0.29, 0.717) is 5.71 Å². The third-order valence-electron chi connectivity index (χ3n) is 3.53. The number of aromatic nitrogens is 1. The average molecular weight is 246 g/mol. The molecule has 0 unspecified atom stereocenters. The van der Waals surface area contributed by atoms with Crippen molar-refractivity contribution in [2.24, 2.45) is 0 Å². The molecule has 1 aliphatic heterocycles. The Kier molecular flexibility index (Phi) is 3.17. The van der Waals surface area contributed by atoms with Gasteiger partial charge in [0, 0.05) is 44.6 Å².